The van der Waals surface area contributed by atoms with Crippen LogP contribution in [-0.2, 0) is 18.5 Å². The molecule has 2 aromatic carbocycles. The van der Waals surface area contributed by atoms with E-state index in [1.165, 1.54) is 11.1 Å². The van der Waals surface area contributed by atoms with Gasteiger partial charge in [-0.3, -0.25) is 5.10 Å². The Morgan fingerprint density at radius 2 is 1.89 bits per heavy atom. The van der Waals surface area contributed by atoms with E-state index in [1.807, 2.05) is 18.2 Å². The number of hydrogen-bond acceptors (Lipinski definition) is 5. The van der Waals surface area contributed by atoms with Gasteiger partial charge in [0.25, 0.3) is 0 Å². The molecule has 3 heterocycles. The second-order valence-corrected chi connectivity index (χ2v) is 10.3. The molecule has 0 amide bonds. The largest absolute Gasteiger partial charge is 0.364 e. The zero-order chi connectivity index (χ0) is 24.4. The van der Waals surface area contributed by atoms with E-state index in [0.29, 0.717) is 30.3 Å². The number of benzene rings is 2. The third kappa shape index (κ3) is 5.21. The summed E-state index contributed by atoms with van der Waals surface area (Å²) in [5, 5.41) is 18.6. The molecular formula is C28H33FN6. The average Bonchev–Trinajstić information content (AvgIpc) is 3.50. The maximum atomic E-state index is 15.1. The lowest BCUT2D eigenvalue weighted by molar-refractivity contribution is 0.585. The third-order valence-electron chi connectivity index (χ3n) is 6.69. The van der Waals surface area contributed by atoms with Crippen LogP contribution in [0.3, 0.4) is 0 Å². The van der Waals surface area contributed by atoms with Gasteiger partial charge in [0.1, 0.15) is 5.82 Å². The minimum Gasteiger partial charge on any atom is -0.364 e. The normalized spacial score (nSPS) is 16.2. The predicted molar refractivity (Wildman–Crippen MR) is 140 cm³/mol. The molecule has 182 valence electrons. The fraction of sp³-hybridized carbons (Fsp3) is 0.357. The highest BCUT2D eigenvalue weighted by Crippen LogP contribution is 2.33. The molecule has 35 heavy (non-hydrogen) atoms. The Balaban J connectivity index is 1.30. The summed E-state index contributed by atoms with van der Waals surface area (Å²) in [6.07, 6.45) is 2.77. The first-order chi connectivity index (χ1) is 16.9. The summed E-state index contributed by atoms with van der Waals surface area (Å²) in [5.74, 6) is 0.543. The number of nitrogens with zero attached hydrogens (tertiary/aromatic N) is 2. The zero-order valence-electron chi connectivity index (χ0n) is 20.6. The Morgan fingerprint density at radius 1 is 1.06 bits per heavy atom. The van der Waals surface area contributed by atoms with Crippen LogP contribution < -0.4 is 16.0 Å². The van der Waals surface area contributed by atoms with E-state index in [-0.39, 0.29) is 11.2 Å². The van der Waals surface area contributed by atoms with Gasteiger partial charge in [-0.25, -0.2) is 9.37 Å². The van der Waals surface area contributed by atoms with Crippen LogP contribution in [0.1, 0.15) is 43.9 Å². The number of fused-ring (bicyclic) bond motifs is 1. The highest BCUT2D eigenvalue weighted by atomic mass is 19.1. The molecule has 0 aliphatic carbocycles. The number of halogens is 1. The molecule has 1 aliphatic heterocycles. The zero-order valence-corrected chi connectivity index (χ0v) is 20.6. The van der Waals surface area contributed by atoms with Gasteiger partial charge in [0.2, 0.25) is 0 Å². The van der Waals surface area contributed by atoms with Crippen LogP contribution in [-0.4, -0.2) is 34.3 Å². The highest BCUT2D eigenvalue weighted by molar-refractivity contribution is 6.00. The summed E-state index contributed by atoms with van der Waals surface area (Å²) in [7, 11) is 0. The van der Waals surface area contributed by atoms with E-state index >= 15 is 4.39 Å². The average molecular weight is 473 g/mol. The fourth-order valence-electron chi connectivity index (χ4n) is 4.59. The number of anilines is 1. The second-order valence-electron chi connectivity index (χ2n) is 10.3. The lowest BCUT2D eigenvalue weighted by Crippen LogP contribution is -2.22. The van der Waals surface area contributed by atoms with Crippen molar-refractivity contribution in [3.63, 3.8) is 0 Å². The molecule has 0 spiro atoms. The fourth-order valence-corrected chi connectivity index (χ4v) is 4.59. The predicted octanol–water partition coefficient (Wildman–Crippen LogP) is 5.13. The van der Waals surface area contributed by atoms with Gasteiger partial charge in [-0.15, -0.1) is 0 Å². The SMILES string of the molecule is CC(C)(C)c1ccc(CNCc2ccc(-c3ccnc4[nH]nc(N[C@@H]5CCNC5)c34)cc2F)cc1. The molecule has 7 heteroatoms. The number of rotatable bonds is 7. The number of nitrogens with one attached hydrogen (secondary N) is 4. The van der Waals surface area contributed by atoms with Gasteiger partial charge in [0.05, 0.1) is 5.39 Å². The topological polar surface area (TPSA) is 77.7 Å². The smallest absolute Gasteiger partial charge is 0.158 e. The van der Waals surface area contributed by atoms with E-state index < -0.39 is 0 Å². The summed E-state index contributed by atoms with van der Waals surface area (Å²) >= 11 is 0. The van der Waals surface area contributed by atoms with Crippen molar-refractivity contribution < 1.29 is 4.39 Å². The maximum absolute atomic E-state index is 15.1. The Bertz CT molecular complexity index is 1300. The Labute approximate surface area is 205 Å². The summed E-state index contributed by atoms with van der Waals surface area (Å²) < 4.78 is 15.1. The van der Waals surface area contributed by atoms with Crippen LogP contribution in [0.25, 0.3) is 22.2 Å². The van der Waals surface area contributed by atoms with E-state index in [1.54, 1.807) is 12.3 Å². The molecule has 6 nitrogen and oxygen atoms in total. The molecule has 4 aromatic rings. The molecule has 1 saturated heterocycles. The van der Waals surface area contributed by atoms with Crippen LogP contribution in [0.4, 0.5) is 10.2 Å². The third-order valence-corrected chi connectivity index (χ3v) is 6.69. The van der Waals surface area contributed by atoms with E-state index in [9.17, 15) is 0 Å². The van der Waals surface area contributed by atoms with Crippen molar-refractivity contribution in [1.29, 1.82) is 0 Å². The van der Waals surface area contributed by atoms with E-state index in [2.05, 4.69) is 76.2 Å². The number of aromatic nitrogens is 3. The van der Waals surface area contributed by atoms with Crippen LogP contribution in [0.5, 0.6) is 0 Å². The lowest BCUT2D eigenvalue weighted by Gasteiger charge is -2.19. The first-order valence-corrected chi connectivity index (χ1v) is 12.3. The molecular weight excluding hydrogens is 439 g/mol. The first-order valence-electron chi connectivity index (χ1n) is 12.3. The van der Waals surface area contributed by atoms with Crippen LogP contribution in [0, 0.1) is 5.82 Å². The van der Waals surface area contributed by atoms with Crippen molar-refractivity contribution in [3.05, 3.63) is 77.2 Å². The standard InChI is InChI=1S/C28H33FN6/c1-28(2,3)21-8-4-18(5-9-21)15-31-16-20-7-6-19(14-24(20)29)23-11-13-32-26-25(23)27(35-34-26)33-22-10-12-30-17-22/h4-9,11,13-14,22,30-31H,10,12,15-17H2,1-3H3,(H2,32,33,34,35)/t22-/m1/s1. The van der Waals surface area contributed by atoms with Gasteiger partial charge in [0.15, 0.2) is 11.5 Å². The van der Waals surface area contributed by atoms with Crippen molar-refractivity contribution in [2.45, 2.75) is 51.7 Å². The van der Waals surface area contributed by atoms with Gasteiger partial charge in [-0.2, -0.15) is 5.10 Å². The molecule has 0 unspecified atom stereocenters. The van der Waals surface area contributed by atoms with Gasteiger partial charge in [0, 0.05) is 37.4 Å². The second kappa shape index (κ2) is 9.76. The summed E-state index contributed by atoms with van der Waals surface area (Å²) in [5.41, 5.74) is 5.70. The number of hydrogen-bond donors (Lipinski definition) is 4. The Morgan fingerprint density at radius 3 is 2.60 bits per heavy atom. The van der Waals surface area contributed by atoms with Crippen LogP contribution >= 0.6 is 0 Å². The van der Waals surface area contributed by atoms with Gasteiger partial charge >= 0.3 is 0 Å². The van der Waals surface area contributed by atoms with Crippen molar-refractivity contribution >= 4 is 16.9 Å². The minimum atomic E-state index is -0.221. The Hall–Kier alpha value is -3.29. The number of pyridine rings is 1. The molecule has 1 fully saturated rings. The Kier molecular flexibility index (Phi) is 6.54. The van der Waals surface area contributed by atoms with Gasteiger partial charge in [-0.1, -0.05) is 57.2 Å². The monoisotopic (exact) mass is 472 g/mol. The molecule has 0 radical (unpaired) electrons. The summed E-state index contributed by atoms with van der Waals surface area (Å²) in [6.45, 7) is 9.68. The summed E-state index contributed by atoms with van der Waals surface area (Å²) in [4.78, 5) is 4.41. The van der Waals surface area contributed by atoms with Crippen molar-refractivity contribution in [2.75, 3.05) is 18.4 Å². The molecule has 2 aromatic heterocycles. The molecule has 0 saturated carbocycles. The first kappa shape index (κ1) is 23.5. The molecule has 1 aliphatic rings. The minimum absolute atomic E-state index is 0.137. The number of H-pyrrole nitrogens is 1. The highest BCUT2D eigenvalue weighted by Gasteiger charge is 2.19. The molecule has 1 atom stereocenters. The van der Waals surface area contributed by atoms with Crippen LogP contribution in [0.2, 0.25) is 0 Å². The van der Waals surface area contributed by atoms with Gasteiger partial charge < -0.3 is 16.0 Å². The van der Waals surface area contributed by atoms with Crippen molar-refractivity contribution in [2.24, 2.45) is 0 Å². The van der Waals surface area contributed by atoms with E-state index in [0.717, 1.165) is 41.8 Å². The maximum Gasteiger partial charge on any atom is 0.158 e. The van der Waals surface area contributed by atoms with Gasteiger partial charge in [-0.05, 0) is 52.8 Å². The summed E-state index contributed by atoms with van der Waals surface area (Å²) in [6, 6.07) is 16.3. The molecule has 5 rings (SSSR count). The molecule has 0 bridgehead atoms. The molecule has 4 N–H and O–H groups in total. The lowest BCUT2D eigenvalue weighted by atomic mass is 9.87. The quantitative estimate of drug-likeness (QED) is 0.300. The van der Waals surface area contributed by atoms with Crippen molar-refractivity contribution in [3.8, 4) is 11.1 Å². The number of aromatic amines is 1. The van der Waals surface area contributed by atoms with E-state index in [4.69, 9.17) is 0 Å². The van der Waals surface area contributed by atoms with Crippen LogP contribution in [0.15, 0.2) is 54.7 Å². The van der Waals surface area contributed by atoms with Crippen molar-refractivity contribution in [1.82, 2.24) is 25.8 Å².